The number of hydrogen-bond donors (Lipinski definition) is 1. The van der Waals surface area contributed by atoms with E-state index in [-0.39, 0.29) is 5.78 Å². The number of aliphatic hydroxyl groups is 1. The minimum atomic E-state index is -1.13. The van der Waals surface area contributed by atoms with Gasteiger partial charge in [0.15, 0.2) is 5.78 Å². The van der Waals surface area contributed by atoms with Crippen LogP contribution in [0.2, 0.25) is 0 Å². The van der Waals surface area contributed by atoms with E-state index in [1.807, 2.05) is 18.4 Å². The molecule has 0 saturated heterocycles. The fourth-order valence-electron chi connectivity index (χ4n) is 1.61. The molecule has 1 atom stereocenters. The summed E-state index contributed by atoms with van der Waals surface area (Å²) >= 11 is 1.61. The van der Waals surface area contributed by atoms with Crippen LogP contribution in [-0.4, -0.2) is 22.1 Å². The van der Waals surface area contributed by atoms with Gasteiger partial charge in [0.25, 0.3) is 0 Å². The summed E-state index contributed by atoms with van der Waals surface area (Å²) in [5, 5.41) is 9.99. The Kier molecular flexibility index (Phi) is 4.12. The van der Waals surface area contributed by atoms with Gasteiger partial charge < -0.3 is 5.11 Å². The summed E-state index contributed by atoms with van der Waals surface area (Å²) in [4.78, 5) is 17.0. The largest absolute Gasteiger partial charge is 0.380 e. The van der Waals surface area contributed by atoms with Crippen molar-refractivity contribution in [2.24, 2.45) is 0 Å². The van der Waals surface area contributed by atoms with Gasteiger partial charge in [0.1, 0.15) is 6.10 Å². The maximum absolute atomic E-state index is 12.1. The highest BCUT2D eigenvalue weighted by atomic mass is 32.2. The first-order valence-electron chi connectivity index (χ1n) is 5.48. The third-order valence-corrected chi connectivity index (χ3v) is 3.39. The summed E-state index contributed by atoms with van der Waals surface area (Å²) in [5.74, 6) is -0.297. The Bertz CT molecular complexity index is 525. The van der Waals surface area contributed by atoms with Crippen molar-refractivity contribution in [3.63, 3.8) is 0 Å². The molecule has 0 aliphatic heterocycles. The molecule has 0 radical (unpaired) electrons. The summed E-state index contributed by atoms with van der Waals surface area (Å²) in [7, 11) is 0. The van der Waals surface area contributed by atoms with Gasteiger partial charge in [0.2, 0.25) is 0 Å². The molecule has 0 bridgehead atoms. The molecule has 1 aromatic carbocycles. The van der Waals surface area contributed by atoms with Crippen LogP contribution in [0.4, 0.5) is 0 Å². The molecule has 4 heteroatoms. The van der Waals surface area contributed by atoms with E-state index in [1.165, 1.54) is 0 Å². The fourth-order valence-corrected chi connectivity index (χ4v) is 2.02. The summed E-state index contributed by atoms with van der Waals surface area (Å²) in [6.45, 7) is 0. The first-order valence-corrected chi connectivity index (χ1v) is 6.71. The van der Waals surface area contributed by atoms with Crippen molar-refractivity contribution in [3.8, 4) is 0 Å². The van der Waals surface area contributed by atoms with Crippen LogP contribution < -0.4 is 0 Å². The Morgan fingerprint density at radius 2 is 1.78 bits per heavy atom. The number of ketones is 1. The van der Waals surface area contributed by atoms with E-state index in [0.717, 1.165) is 4.90 Å². The minimum absolute atomic E-state index is 0.297. The lowest BCUT2D eigenvalue weighted by Gasteiger charge is -2.09. The molecule has 92 valence electrons. The van der Waals surface area contributed by atoms with E-state index in [1.54, 1.807) is 48.4 Å². The zero-order chi connectivity index (χ0) is 13.0. The van der Waals surface area contributed by atoms with Crippen molar-refractivity contribution in [1.82, 2.24) is 4.98 Å². The number of benzene rings is 1. The second kappa shape index (κ2) is 5.80. The average molecular weight is 259 g/mol. The van der Waals surface area contributed by atoms with Crippen LogP contribution >= 0.6 is 11.8 Å². The van der Waals surface area contributed by atoms with E-state index in [2.05, 4.69) is 4.98 Å². The molecule has 0 amide bonds. The van der Waals surface area contributed by atoms with Crippen molar-refractivity contribution in [2.75, 3.05) is 6.26 Å². The van der Waals surface area contributed by atoms with Crippen LogP contribution in [0.3, 0.4) is 0 Å². The van der Waals surface area contributed by atoms with Gasteiger partial charge in [-0.1, -0.05) is 12.1 Å². The highest BCUT2D eigenvalue weighted by molar-refractivity contribution is 7.98. The van der Waals surface area contributed by atoms with Gasteiger partial charge in [0.05, 0.1) is 0 Å². The molecule has 3 nitrogen and oxygen atoms in total. The molecule has 1 aromatic heterocycles. The number of Topliss-reactive ketones (excluding diaryl/α,β-unsaturated/α-hetero) is 1. The van der Waals surface area contributed by atoms with Crippen molar-refractivity contribution in [2.45, 2.75) is 11.0 Å². The van der Waals surface area contributed by atoms with E-state index in [9.17, 15) is 9.90 Å². The van der Waals surface area contributed by atoms with Gasteiger partial charge in [-0.25, -0.2) is 0 Å². The minimum Gasteiger partial charge on any atom is -0.380 e. The summed E-state index contributed by atoms with van der Waals surface area (Å²) in [5.41, 5.74) is 1.07. The number of pyridine rings is 1. The molecule has 0 spiro atoms. The number of rotatable bonds is 4. The van der Waals surface area contributed by atoms with Crippen LogP contribution in [0.25, 0.3) is 0 Å². The second-order valence-electron chi connectivity index (χ2n) is 3.78. The molecule has 2 aromatic rings. The lowest BCUT2D eigenvalue weighted by atomic mass is 10.0. The van der Waals surface area contributed by atoms with Gasteiger partial charge in [0, 0.05) is 22.9 Å². The predicted molar refractivity (Wildman–Crippen MR) is 71.8 cm³/mol. The lowest BCUT2D eigenvalue weighted by Crippen LogP contribution is -2.12. The second-order valence-corrected chi connectivity index (χ2v) is 4.66. The fraction of sp³-hybridized carbons (Fsp3) is 0.143. The van der Waals surface area contributed by atoms with Crippen LogP contribution in [-0.2, 0) is 0 Å². The van der Waals surface area contributed by atoms with Gasteiger partial charge >= 0.3 is 0 Å². The van der Waals surface area contributed by atoms with E-state index >= 15 is 0 Å². The van der Waals surface area contributed by atoms with Crippen LogP contribution in [0, 0.1) is 0 Å². The lowest BCUT2D eigenvalue weighted by molar-refractivity contribution is 0.0747. The molecule has 2 rings (SSSR count). The first-order chi connectivity index (χ1) is 8.72. The van der Waals surface area contributed by atoms with Crippen molar-refractivity contribution in [3.05, 3.63) is 59.9 Å². The van der Waals surface area contributed by atoms with E-state index in [0.29, 0.717) is 11.1 Å². The van der Waals surface area contributed by atoms with Crippen LogP contribution in [0.5, 0.6) is 0 Å². The number of thioether (sulfide) groups is 1. The van der Waals surface area contributed by atoms with E-state index in [4.69, 9.17) is 0 Å². The predicted octanol–water partition coefficient (Wildman–Crippen LogP) is 2.72. The molecule has 0 fully saturated rings. The van der Waals surface area contributed by atoms with Gasteiger partial charge in [-0.05, 0) is 36.1 Å². The molecule has 1 N–H and O–H groups in total. The maximum atomic E-state index is 12.1. The average Bonchev–Trinajstić information content (AvgIpc) is 2.47. The molecule has 0 aliphatic rings. The van der Waals surface area contributed by atoms with Crippen molar-refractivity contribution < 1.29 is 9.90 Å². The number of carbonyl (C=O) groups is 1. The third kappa shape index (κ3) is 2.78. The third-order valence-electron chi connectivity index (χ3n) is 2.64. The Morgan fingerprint density at radius 3 is 2.33 bits per heavy atom. The monoisotopic (exact) mass is 259 g/mol. The molecule has 1 heterocycles. The molecule has 0 aliphatic carbocycles. The summed E-state index contributed by atoms with van der Waals surface area (Å²) in [6.07, 6.45) is 3.96. The normalized spacial score (nSPS) is 12.1. The van der Waals surface area contributed by atoms with E-state index < -0.39 is 6.10 Å². The van der Waals surface area contributed by atoms with Crippen molar-refractivity contribution >= 4 is 17.5 Å². The smallest absolute Gasteiger partial charge is 0.195 e. The quantitative estimate of drug-likeness (QED) is 0.677. The van der Waals surface area contributed by atoms with Gasteiger partial charge in [-0.2, -0.15) is 0 Å². The maximum Gasteiger partial charge on any atom is 0.195 e. The Labute approximate surface area is 110 Å². The van der Waals surface area contributed by atoms with Gasteiger partial charge in [-0.15, -0.1) is 11.8 Å². The molecule has 0 saturated carbocycles. The van der Waals surface area contributed by atoms with Gasteiger partial charge in [-0.3, -0.25) is 9.78 Å². The highest BCUT2D eigenvalue weighted by Gasteiger charge is 2.18. The Morgan fingerprint density at radius 1 is 1.17 bits per heavy atom. The number of aliphatic hydroxyl groups excluding tert-OH is 1. The molecule has 18 heavy (non-hydrogen) atoms. The number of carbonyl (C=O) groups excluding carboxylic acids is 1. The Balaban J connectivity index is 2.20. The number of aromatic nitrogens is 1. The zero-order valence-corrected chi connectivity index (χ0v) is 10.7. The number of nitrogens with zero attached hydrogens (tertiary/aromatic N) is 1. The highest BCUT2D eigenvalue weighted by Crippen LogP contribution is 2.20. The summed E-state index contributed by atoms with van der Waals surface area (Å²) in [6, 6.07) is 10.5. The molecular weight excluding hydrogens is 246 g/mol. The molecule has 1 unspecified atom stereocenters. The van der Waals surface area contributed by atoms with Crippen molar-refractivity contribution in [1.29, 1.82) is 0 Å². The first kappa shape index (κ1) is 12.8. The number of hydrogen-bond acceptors (Lipinski definition) is 4. The zero-order valence-electron chi connectivity index (χ0n) is 9.91. The summed E-state index contributed by atoms with van der Waals surface area (Å²) < 4.78 is 0. The SMILES string of the molecule is CSc1ccc(C(=O)C(O)c2ccncc2)cc1. The standard InChI is InChI=1S/C14H13NO2S/c1-18-12-4-2-10(3-5-12)13(16)14(17)11-6-8-15-9-7-11/h2-9,14,17H,1H3. The van der Waals surface area contributed by atoms with Crippen LogP contribution in [0.15, 0.2) is 53.7 Å². The topological polar surface area (TPSA) is 50.2 Å². The Hall–Kier alpha value is -1.65. The van der Waals surface area contributed by atoms with Crippen LogP contribution in [0.1, 0.15) is 22.0 Å². The molecular formula is C14H13NO2S.